The second-order valence-corrected chi connectivity index (χ2v) is 4.85. The first-order valence-corrected chi connectivity index (χ1v) is 6.56. The van der Waals surface area contributed by atoms with Crippen molar-refractivity contribution in [3.05, 3.63) is 23.8 Å². The maximum absolute atomic E-state index is 11.7. The summed E-state index contributed by atoms with van der Waals surface area (Å²) in [4.78, 5) is 22.9. The van der Waals surface area contributed by atoms with Crippen molar-refractivity contribution in [3.8, 4) is 5.75 Å². The first-order chi connectivity index (χ1) is 9.60. The molecule has 0 unspecified atom stereocenters. The summed E-state index contributed by atoms with van der Waals surface area (Å²) in [6.45, 7) is 0.629. The predicted molar refractivity (Wildman–Crippen MR) is 74.3 cm³/mol. The average Bonchev–Trinajstić information content (AvgIpc) is 2.37. The highest BCUT2D eigenvalue weighted by Crippen LogP contribution is 2.25. The van der Waals surface area contributed by atoms with Gasteiger partial charge in [-0.25, -0.2) is 9.59 Å². The molecule has 0 bridgehead atoms. The van der Waals surface area contributed by atoms with Gasteiger partial charge in [0.1, 0.15) is 5.75 Å². The van der Waals surface area contributed by atoms with Crippen molar-refractivity contribution in [2.45, 2.75) is 19.3 Å². The van der Waals surface area contributed by atoms with Crippen molar-refractivity contribution in [1.82, 2.24) is 5.32 Å². The summed E-state index contributed by atoms with van der Waals surface area (Å²) in [5.41, 5.74) is 0.257. The standard InChI is InChI=1S/C14H18N2O4/c1-20-10-5-6-12(11(7-10)13(17)18)16-14(19)15-8-9-3-2-4-9/h5-7,9H,2-4,8H2,1H3,(H,17,18)(H2,15,16,19). The summed E-state index contributed by atoms with van der Waals surface area (Å²) in [5.74, 6) is -0.128. The molecule has 1 aromatic carbocycles. The van der Waals surface area contributed by atoms with Crippen LogP contribution < -0.4 is 15.4 Å². The first kappa shape index (κ1) is 14.2. The fourth-order valence-corrected chi connectivity index (χ4v) is 2.04. The van der Waals surface area contributed by atoms with Gasteiger partial charge in [-0.1, -0.05) is 6.42 Å². The minimum absolute atomic E-state index is 0.00291. The van der Waals surface area contributed by atoms with Gasteiger partial charge in [-0.2, -0.15) is 0 Å². The summed E-state index contributed by atoms with van der Waals surface area (Å²) in [5, 5.41) is 14.5. The Morgan fingerprint density at radius 2 is 2.15 bits per heavy atom. The summed E-state index contributed by atoms with van der Waals surface area (Å²) in [6, 6.07) is 4.12. The van der Waals surface area contributed by atoms with Gasteiger partial charge in [-0.15, -0.1) is 0 Å². The molecule has 0 aliphatic heterocycles. The number of hydrogen-bond acceptors (Lipinski definition) is 3. The third-order valence-corrected chi connectivity index (χ3v) is 3.48. The lowest BCUT2D eigenvalue weighted by Gasteiger charge is -2.25. The number of amides is 2. The normalized spacial score (nSPS) is 14.2. The highest BCUT2D eigenvalue weighted by molar-refractivity contribution is 6.00. The molecule has 108 valence electrons. The number of hydrogen-bond donors (Lipinski definition) is 3. The molecule has 0 saturated heterocycles. The van der Waals surface area contributed by atoms with E-state index in [-0.39, 0.29) is 17.3 Å². The van der Waals surface area contributed by atoms with E-state index in [1.54, 1.807) is 6.07 Å². The molecule has 3 N–H and O–H groups in total. The number of methoxy groups -OCH3 is 1. The molecular weight excluding hydrogens is 260 g/mol. The molecule has 1 aromatic rings. The first-order valence-electron chi connectivity index (χ1n) is 6.56. The van der Waals surface area contributed by atoms with Crippen LogP contribution in [0.5, 0.6) is 5.75 Å². The third kappa shape index (κ3) is 3.40. The lowest BCUT2D eigenvalue weighted by atomic mass is 9.85. The number of ether oxygens (including phenoxy) is 1. The van der Waals surface area contributed by atoms with Crippen molar-refractivity contribution in [3.63, 3.8) is 0 Å². The molecule has 0 atom stereocenters. The number of carbonyl (C=O) groups excluding carboxylic acids is 1. The quantitative estimate of drug-likeness (QED) is 0.771. The fraction of sp³-hybridized carbons (Fsp3) is 0.429. The summed E-state index contributed by atoms with van der Waals surface area (Å²) in [6.07, 6.45) is 3.50. The Bertz CT molecular complexity index is 512. The molecule has 1 fully saturated rings. The van der Waals surface area contributed by atoms with Crippen LogP contribution in [0, 0.1) is 5.92 Å². The number of carboxylic acids is 1. The van der Waals surface area contributed by atoms with Gasteiger partial charge < -0.3 is 20.5 Å². The smallest absolute Gasteiger partial charge is 0.337 e. The van der Waals surface area contributed by atoms with E-state index in [0.717, 1.165) is 12.8 Å². The number of rotatable bonds is 5. The summed E-state index contributed by atoms with van der Waals surface area (Å²) < 4.78 is 4.97. The molecule has 0 aromatic heterocycles. The van der Waals surface area contributed by atoms with E-state index < -0.39 is 5.97 Å². The number of benzene rings is 1. The van der Waals surface area contributed by atoms with E-state index in [1.165, 1.54) is 25.7 Å². The van der Waals surface area contributed by atoms with Crippen LogP contribution in [-0.4, -0.2) is 30.8 Å². The van der Waals surface area contributed by atoms with Crippen LogP contribution in [0.2, 0.25) is 0 Å². The molecular formula is C14H18N2O4. The number of carbonyl (C=O) groups is 2. The van der Waals surface area contributed by atoms with Crippen molar-refractivity contribution >= 4 is 17.7 Å². The topological polar surface area (TPSA) is 87.7 Å². The fourth-order valence-electron chi connectivity index (χ4n) is 2.04. The minimum atomic E-state index is -1.11. The zero-order chi connectivity index (χ0) is 14.5. The molecule has 1 saturated carbocycles. The van der Waals surface area contributed by atoms with Gasteiger partial charge in [0.2, 0.25) is 0 Å². The third-order valence-electron chi connectivity index (χ3n) is 3.48. The predicted octanol–water partition coefficient (Wildman–Crippen LogP) is 2.31. The highest BCUT2D eigenvalue weighted by atomic mass is 16.5. The van der Waals surface area contributed by atoms with Gasteiger partial charge in [0.25, 0.3) is 0 Å². The van der Waals surface area contributed by atoms with Crippen molar-refractivity contribution in [2.24, 2.45) is 5.92 Å². The van der Waals surface area contributed by atoms with E-state index in [2.05, 4.69) is 10.6 Å². The molecule has 20 heavy (non-hydrogen) atoms. The Balaban J connectivity index is 1.99. The Morgan fingerprint density at radius 3 is 2.70 bits per heavy atom. The van der Waals surface area contributed by atoms with Crippen molar-refractivity contribution < 1.29 is 19.4 Å². The van der Waals surface area contributed by atoms with Gasteiger partial charge in [0.15, 0.2) is 0 Å². The molecule has 1 aliphatic carbocycles. The number of urea groups is 1. The van der Waals surface area contributed by atoms with Gasteiger partial charge >= 0.3 is 12.0 Å². The Kier molecular flexibility index (Phi) is 4.45. The van der Waals surface area contributed by atoms with Gasteiger partial charge in [0, 0.05) is 6.54 Å². The van der Waals surface area contributed by atoms with E-state index in [0.29, 0.717) is 18.2 Å². The van der Waals surface area contributed by atoms with Crippen LogP contribution in [0.25, 0.3) is 0 Å². The highest BCUT2D eigenvalue weighted by Gasteiger charge is 2.18. The molecule has 0 spiro atoms. The lowest BCUT2D eigenvalue weighted by Crippen LogP contribution is -2.35. The molecule has 0 heterocycles. The van der Waals surface area contributed by atoms with Crippen LogP contribution in [0.4, 0.5) is 10.5 Å². The van der Waals surface area contributed by atoms with E-state index >= 15 is 0 Å². The molecule has 1 aliphatic rings. The monoisotopic (exact) mass is 278 g/mol. The van der Waals surface area contributed by atoms with E-state index in [4.69, 9.17) is 9.84 Å². The number of nitrogens with one attached hydrogen (secondary N) is 2. The largest absolute Gasteiger partial charge is 0.497 e. The van der Waals surface area contributed by atoms with Crippen LogP contribution in [0.15, 0.2) is 18.2 Å². The molecule has 0 radical (unpaired) electrons. The van der Waals surface area contributed by atoms with Crippen molar-refractivity contribution in [1.29, 1.82) is 0 Å². The van der Waals surface area contributed by atoms with Gasteiger partial charge in [0.05, 0.1) is 18.4 Å². The second kappa shape index (κ2) is 6.27. The van der Waals surface area contributed by atoms with E-state index in [1.807, 2.05) is 0 Å². The molecule has 2 rings (SSSR count). The minimum Gasteiger partial charge on any atom is -0.497 e. The number of aromatic carboxylic acids is 1. The van der Waals surface area contributed by atoms with Crippen molar-refractivity contribution in [2.75, 3.05) is 19.0 Å². The lowest BCUT2D eigenvalue weighted by molar-refractivity contribution is 0.0697. The van der Waals surface area contributed by atoms with Crippen LogP contribution in [0.3, 0.4) is 0 Å². The number of anilines is 1. The zero-order valence-corrected chi connectivity index (χ0v) is 11.3. The molecule has 6 heteroatoms. The van der Waals surface area contributed by atoms with Crippen LogP contribution >= 0.6 is 0 Å². The maximum atomic E-state index is 11.7. The van der Waals surface area contributed by atoms with E-state index in [9.17, 15) is 9.59 Å². The van der Waals surface area contributed by atoms with Gasteiger partial charge in [-0.05, 0) is 37.0 Å². The Labute approximate surface area is 117 Å². The maximum Gasteiger partial charge on any atom is 0.337 e. The molecule has 2 amide bonds. The van der Waals surface area contributed by atoms with Crippen LogP contribution in [-0.2, 0) is 0 Å². The molecule has 6 nitrogen and oxygen atoms in total. The SMILES string of the molecule is COc1ccc(NC(=O)NCC2CCC2)c(C(=O)O)c1. The Morgan fingerprint density at radius 1 is 1.40 bits per heavy atom. The summed E-state index contributed by atoms with van der Waals surface area (Å²) >= 11 is 0. The second-order valence-electron chi connectivity index (χ2n) is 4.85. The summed E-state index contributed by atoms with van der Waals surface area (Å²) in [7, 11) is 1.46. The number of carboxylic acid groups (broad SMARTS) is 1. The van der Waals surface area contributed by atoms with Crippen LogP contribution in [0.1, 0.15) is 29.6 Å². The average molecular weight is 278 g/mol. The zero-order valence-electron chi connectivity index (χ0n) is 11.3. The Hall–Kier alpha value is -2.24. The van der Waals surface area contributed by atoms with Gasteiger partial charge in [-0.3, -0.25) is 0 Å².